The maximum absolute atomic E-state index is 12.6. The molecule has 2 aromatic carbocycles. The Morgan fingerprint density at radius 2 is 1.72 bits per heavy atom. The van der Waals surface area contributed by atoms with E-state index in [1.165, 1.54) is 36.0 Å². The summed E-state index contributed by atoms with van der Waals surface area (Å²) in [6.07, 6.45) is 4.18. The summed E-state index contributed by atoms with van der Waals surface area (Å²) in [7, 11) is 0. The number of rotatable bonds is 8. The van der Waals surface area contributed by atoms with Gasteiger partial charge in [0.25, 0.3) is 11.8 Å². The molecule has 0 saturated carbocycles. The van der Waals surface area contributed by atoms with Gasteiger partial charge in [0, 0.05) is 18.5 Å². The standard InChI is InChI=1S/C23H23N3O4S2/c27-18-12-10-17(11-13-18)21(29)25-24-20(28)9-5-2-6-14-26-22(30)19(32-23(26)31)15-16-7-3-1-4-8-16/h1,3-4,7-8,10-13,15,27H,2,5-6,9,14H2,(H,24,28)(H,25,29)/b19-15-. The molecule has 7 nitrogen and oxygen atoms in total. The maximum atomic E-state index is 12.6. The summed E-state index contributed by atoms with van der Waals surface area (Å²) in [5.41, 5.74) is 6.00. The van der Waals surface area contributed by atoms with E-state index < -0.39 is 5.91 Å². The Morgan fingerprint density at radius 1 is 1.00 bits per heavy atom. The highest BCUT2D eigenvalue weighted by Gasteiger charge is 2.31. The largest absolute Gasteiger partial charge is 0.508 e. The van der Waals surface area contributed by atoms with Crippen molar-refractivity contribution in [2.75, 3.05) is 6.54 Å². The van der Waals surface area contributed by atoms with Crippen LogP contribution in [-0.4, -0.2) is 38.6 Å². The van der Waals surface area contributed by atoms with Crippen LogP contribution >= 0.6 is 24.0 Å². The van der Waals surface area contributed by atoms with E-state index in [-0.39, 0.29) is 24.0 Å². The van der Waals surface area contributed by atoms with Crippen molar-refractivity contribution >= 4 is 52.1 Å². The van der Waals surface area contributed by atoms with Gasteiger partial charge >= 0.3 is 0 Å². The molecule has 0 atom stereocenters. The second-order valence-electron chi connectivity index (χ2n) is 7.10. The van der Waals surface area contributed by atoms with Crippen LogP contribution in [0.2, 0.25) is 0 Å². The van der Waals surface area contributed by atoms with Gasteiger partial charge in [-0.1, -0.05) is 60.7 Å². The lowest BCUT2D eigenvalue weighted by atomic mass is 10.2. The second-order valence-corrected chi connectivity index (χ2v) is 8.78. The Kier molecular flexibility index (Phi) is 8.41. The van der Waals surface area contributed by atoms with Gasteiger partial charge in [-0.05, 0) is 48.7 Å². The van der Waals surface area contributed by atoms with Crippen LogP contribution in [0.15, 0.2) is 59.5 Å². The molecule has 1 saturated heterocycles. The van der Waals surface area contributed by atoms with Gasteiger partial charge < -0.3 is 5.11 Å². The van der Waals surface area contributed by atoms with E-state index in [4.69, 9.17) is 12.2 Å². The number of carbonyl (C=O) groups is 3. The minimum absolute atomic E-state index is 0.0593. The van der Waals surface area contributed by atoms with Crippen molar-refractivity contribution < 1.29 is 19.5 Å². The number of phenols is 1. The molecule has 0 spiro atoms. The Hall–Kier alpha value is -3.17. The highest BCUT2D eigenvalue weighted by atomic mass is 32.2. The summed E-state index contributed by atoms with van der Waals surface area (Å²) in [5.74, 6) is -0.785. The normalized spacial score (nSPS) is 14.6. The summed E-state index contributed by atoms with van der Waals surface area (Å²) in [5, 5.41) is 9.23. The van der Waals surface area contributed by atoms with Crippen LogP contribution in [0.25, 0.3) is 6.08 Å². The van der Waals surface area contributed by atoms with Gasteiger partial charge in [-0.3, -0.25) is 30.1 Å². The lowest BCUT2D eigenvalue weighted by Gasteiger charge is -2.14. The van der Waals surface area contributed by atoms with Gasteiger partial charge in [-0.15, -0.1) is 0 Å². The van der Waals surface area contributed by atoms with Crippen molar-refractivity contribution in [1.82, 2.24) is 15.8 Å². The summed E-state index contributed by atoms with van der Waals surface area (Å²) in [4.78, 5) is 38.7. The number of unbranched alkanes of at least 4 members (excludes halogenated alkanes) is 2. The Morgan fingerprint density at radius 3 is 2.44 bits per heavy atom. The predicted molar refractivity (Wildman–Crippen MR) is 129 cm³/mol. The van der Waals surface area contributed by atoms with E-state index in [0.29, 0.717) is 27.8 Å². The number of thioether (sulfide) groups is 1. The van der Waals surface area contributed by atoms with Crippen LogP contribution in [0.1, 0.15) is 41.6 Å². The van der Waals surface area contributed by atoms with Gasteiger partial charge in [-0.2, -0.15) is 0 Å². The zero-order chi connectivity index (χ0) is 22.9. The van der Waals surface area contributed by atoms with Gasteiger partial charge in [0.1, 0.15) is 10.1 Å². The number of benzene rings is 2. The molecule has 0 unspecified atom stereocenters. The Bertz CT molecular complexity index is 1020. The van der Waals surface area contributed by atoms with E-state index in [9.17, 15) is 19.5 Å². The first-order valence-electron chi connectivity index (χ1n) is 10.1. The first-order chi connectivity index (χ1) is 15.4. The van der Waals surface area contributed by atoms with Crippen molar-refractivity contribution in [3.05, 3.63) is 70.6 Å². The third-order valence-corrected chi connectivity index (χ3v) is 6.08. The molecule has 1 heterocycles. The first-order valence-corrected chi connectivity index (χ1v) is 11.3. The molecule has 9 heteroatoms. The topological polar surface area (TPSA) is 98.7 Å². The second kappa shape index (κ2) is 11.4. The van der Waals surface area contributed by atoms with Crippen molar-refractivity contribution in [3.63, 3.8) is 0 Å². The van der Waals surface area contributed by atoms with Crippen molar-refractivity contribution in [1.29, 1.82) is 0 Å². The number of hydrogen-bond acceptors (Lipinski definition) is 6. The third kappa shape index (κ3) is 6.66. The monoisotopic (exact) mass is 469 g/mol. The molecule has 0 radical (unpaired) electrons. The average Bonchev–Trinajstić information content (AvgIpc) is 3.05. The minimum Gasteiger partial charge on any atom is -0.508 e. The molecule has 3 amide bonds. The molecule has 3 rings (SSSR count). The molecule has 32 heavy (non-hydrogen) atoms. The number of nitrogens with zero attached hydrogens (tertiary/aromatic N) is 1. The minimum atomic E-state index is -0.462. The number of thiocarbonyl (C=S) groups is 1. The SMILES string of the molecule is O=C(CCCCCN1C(=O)/C(=C/c2ccccc2)SC1=S)NNC(=O)c1ccc(O)cc1. The Balaban J connectivity index is 1.34. The van der Waals surface area contributed by atoms with Crippen molar-refractivity contribution in [2.24, 2.45) is 0 Å². The van der Waals surface area contributed by atoms with Crippen LogP contribution in [0.3, 0.4) is 0 Å². The van der Waals surface area contributed by atoms with Gasteiger partial charge in [0.05, 0.1) is 4.91 Å². The van der Waals surface area contributed by atoms with E-state index >= 15 is 0 Å². The number of hydrazine groups is 1. The van der Waals surface area contributed by atoms with Gasteiger partial charge in [0.2, 0.25) is 5.91 Å². The molecule has 0 bridgehead atoms. The molecule has 1 aliphatic rings. The van der Waals surface area contributed by atoms with E-state index in [1.807, 2.05) is 36.4 Å². The van der Waals surface area contributed by atoms with Crippen LogP contribution in [0, 0.1) is 0 Å². The average molecular weight is 470 g/mol. The lowest BCUT2D eigenvalue weighted by molar-refractivity contribution is -0.123. The summed E-state index contributed by atoms with van der Waals surface area (Å²) in [6.45, 7) is 0.510. The molecule has 2 aromatic rings. The molecule has 166 valence electrons. The van der Waals surface area contributed by atoms with Crippen LogP contribution in [0.5, 0.6) is 5.75 Å². The number of aromatic hydroxyl groups is 1. The smallest absolute Gasteiger partial charge is 0.269 e. The number of nitrogens with one attached hydrogen (secondary N) is 2. The number of carbonyl (C=O) groups excluding carboxylic acids is 3. The summed E-state index contributed by atoms with van der Waals surface area (Å²) in [6, 6.07) is 15.3. The lowest BCUT2D eigenvalue weighted by Crippen LogP contribution is -2.41. The number of phenolic OH excluding ortho intramolecular Hbond substituents is 1. The van der Waals surface area contributed by atoms with Crippen LogP contribution in [-0.2, 0) is 9.59 Å². The first kappa shape index (κ1) is 23.5. The van der Waals surface area contributed by atoms with Crippen molar-refractivity contribution in [3.8, 4) is 5.75 Å². The molecule has 0 aromatic heterocycles. The predicted octanol–water partition coefficient (Wildman–Crippen LogP) is 3.62. The molecular formula is C23H23N3O4S2. The molecule has 0 aliphatic carbocycles. The molecule has 3 N–H and O–H groups in total. The summed E-state index contributed by atoms with van der Waals surface area (Å²) < 4.78 is 0.548. The fourth-order valence-corrected chi connectivity index (χ4v) is 4.31. The summed E-state index contributed by atoms with van der Waals surface area (Å²) >= 11 is 6.65. The highest BCUT2D eigenvalue weighted by molar-refractivity contribution is 8.26. The van der Waals surface area contributed by atoms with E-state index in [0.717, 1.165) is 18.4 Å². The molecular weight excluding hydrogens is 446 g/mol. The quantitative estimate of drug-likeness (QED) is 0.236. The van der Waals surface area contributed by atoms with Crippen molar-refractivity contribution in [2.45, 2.75) is 25.7 Å². The Labute approximate surface area is 195 Å². The number of amides is 3. The number of hydrogen-bond donors (Lipinski definition) is 3. The van der Waals surface area contributed by atoms with Crippen LogP contribution < -0.4 is 10.9 Å². The third-order valence-electron chi connectivity index (χ3n) is 4.70. The molecule has 1 aliphatic heterocycles. The molecule has 1 fully saturated rings. The van der Waals surface area contributed by atoms with E-state index in [1.54, 1.807) is 4.90 Å². The van der Waals surface area contributed by atoms with Crippen LogP contribution in [0.4, 0.5) is 0 Å². The van der Waals surface area contributed by atoms with Gasteiger partial charge in [-0.25, -0.2) is 0 Å². The fraction of sp³-hybridized carbons (Fsp3) is 0.217. The van der Waals surface area contributed by atoms with E-state index in [2.05, 4.69) is 10.9 Å². The maximum Gasteiger partial charge on any atom is 0.269 e. The zero-order valence-corrected chi connectivity index (χ0v) is 18.9. The highest BCUT2D eigenvalue weighted by Crippen LogP contribution is 2.32. The zero-order valence-electron chi connectivity index (χ0n) is 17.2. The van der Waals surface area contributed by atoms with Gasteiger partial charge in [0.15, 0.2) is 0 Å². The fourth-order valence-electron chi connectivity index (χ4n) is 3.00.